The van der Waals surface area contributed by atoms with Crippen LogP contribution in [-0.2, 0) is 10.0 Å². The predicted octanol–water partition coefficient (Wildman–Crippen LogP) is 3.76. The molecule has 1 amide bonds. The SMILES string of the molecule is COc1ccc(S(=O)(=O)Nc2cccc(C(=O)Nc3ccccc3OC)c2)cc1. The van der Waals surface area contributed by atoms with Crippen molar-refractivity contribution >= 4 is 27.3 Å². The molecule has 3 aromatic carbocycles. The van der Waals surface area contributed by atoms with Crippen molar-refractivity contribution in [2.45, 2.75) is 4.90 Å². The Morgan fingerprint density at radius 2 is 1.59 bits per heavy atom. The molecule has 0 heterocycles. The lowest BCUT2D eigenvalue weighted by Crippen LogP contribution is -2.15. The second-order valence-electron chi connectivity index (χ2n) is 6.02. The summed E-state index contributed by atoms with van der Waals surface area (Å²) in [5.74, 6) is 0.691. The molecule has 7 nitrogen and oxygen atoms in total. The zero-order valence-corrected chi connectivity index (χ0v) is 16.7. The van der Waals surface area contributed by atoms with E-state index in [-0.39, 0.29) is 16.5 Å². The van der Waals surface area contributed by atoms with Gasteiger partial charge in [-0.25, -0.2) is 8.42 Å². The molecule has 3 aromatic rings. The van der Waals surface area contributed by atoms with Crippen molar-refractivity contribution in [3.05, 3.63) is 78.4 Å². The Hall–Kier alpha value is -3.52. The normalized spacial score (nSPS) is 10.8. The number of carbonyl (C=O) groups excluding carboxylic acids is 1. The summed E-state index contributed by atoms with van der Waals surface area (Å²) in [7, 11) is -0.791. The van der Waals surface area contributed by atoms with Crippen LogP contribution >= 0.6 is 0 Å². The molecule has 150 valence electrons. The Morgan fingerprint density at radius 1 is 0.862 bits per heavy atom. The highest BCUT2D eigenvalue weighted by molar-refractivity contribution is 7.92. The van der Waals surface area contributed by atoms with Crippen LogP contribution in [0.1, 0.15) is 10.4 Å². The molecule has 0 aliphatic heterocycles. The minimum atomic E-state index is -3.81. The summed E-state index contributed by atoms with van der Waals surface area (Å²) < 4.78 is 37.9. The molecular weight excluding hydrogens is 392 g/mol. The van der Waals surface area contributed by atoms with Gasteiger partial charge in [-0.3, -0.25) is 9.52 Å². The van der Waals surface area contributed by atoms with E-state index < -0.39 is 10.0 Å². The lowest BCUT2D eigenvalue weighted by Gasteiger charge is -2.12. The smallest absolute Gasteiger partial charge is 0.261 e. The summed E-state index contributed by atoms with van der Waals surface area (Å²) in [4.78, 5) is 12.7. The number of methoxy groups -OCH3 is 2. The van der Waals surface area contributed by atoms with Crippen LogP contribution in [0.15, 0.2) is 77.7 Å². The molecule has 0 atom stereocenters. The highest BCUT2D eigenvalue weighted by atomic mass is 32.2. The van der Waals surface area contributed by atoms with Crippen molar-refractivity contribution in [2.24, 2.45) is 0 Å². The zero-order chi connectivity index (χ0) is 20.9. The molecule has 0 aliphatic carbocycles. The number of hydrogen-bond donors (Lipinski definition) is 2. The summed E-state index contributed by atoms with van der Waals surface area (Å²) in [6.45, 7) is 0. The number of anilines is 2. The summed E-state index contributed by atoms with van der Waals surface area (Å²) in [6, 6.07) is 19.3. The van der Waals surface area contributed by atoms with Gasteiger partial charge in [-0.1, -0.05) is 18.2 Å². The van der Waals surface area contributed by atoms with Crippen molar-refractivity contribution in [1.82, 2.24) is 0 Å². The van der Waals surface area contributed by atoms with E-state index in [0.29, 0.717) is 22.7 Å². The van der Waals surface area contributed by atoms with E-state index in [1.807, 2.05) is 0 Å². The molecule has 0 aliphatic rings. The van der Waals surface area contributed by atoms with Gasteiger partial charge in [-0.2, -0.15) is 0 Å². The van der Waals surface area contributed by atoms with E-state index in [1.165, 1.54) is 32.4 Å². The Kier molecular flexibility index (Phi) is 6.04. The lowest BCUT2D eigenvalue weighted by molar-refractivity contribution is 0.102. The van der Waals surface area contributed by atoms with Gasteiger partial charge in [0, 0.05) is 11.3 Å². The average Bonchev–Trinajstić information content (AvgIpc) is 2.74. The third-order valence-corrected chi connectivity index (χ3v) is 5.50. The standard InChI is InChI=1S/C21H20N2O5S/c1-27-17-10-12-18(13-11-17)29(25,26)23-16-7-5-6-15(14-16)21(24)22-19-8-3-4-9-20(19)28-2/h3-14,23H,1-2H3,(H,22,24). The van der Waals surface area contributed by atoms with Gasteiger partial charge in [0.2, 0.25) is 0 Å². The highest BCUT2D eigenvalue weighted by Crippen LogP contribution is 2.24. The second-order valence-corrected chi connectivity index (χ2v) is 7.70. The maximum atomic E-state index is 12.6. The van der Waals surface area contributed by atoms with Crippen molar-refractivity contribution in [2.75, 3.05) is 24.3 Å². The molecular formula is C21H20N2O5S. The van der Waals surface area contributed by atoms with Gasteiger partial charge in [0.15, 0.2) is 0 Å². The average molecular weight is 412 g/mol. The molecule has 0 spiro atoms. The fraction of sp³-hybridized carbons (Fsp3) is 0.0952. The predicted molar refractivity (Wildman–Crippen MR) is 111 cm³/mol. The molecule has 3 rings (SSSR count). The Bertz CT molecular complexity index is 1110. The molecule has 0 fully saturated rings. The first kappa shape index (κ1) is 20.2. The number of sulfonamides is 1. The molecule has 0 unspecified atom stereocenters. The van der Waals surface area contributed by atoms with Crippen molar-refractivity contribution in [3.8, 4) is 11.5 Å². The Morgan fingerprint density at radius 3 is 2.28 bits per heavy atom. The quantitative estimate of drug-likeness (QED) is 0.616. The summed E-state index contributed by atoms with van der Waals surface area (Å²) in [6.07, 6.45) is 0. The maximum absolute atomic E-state index is 12.6. The number of ether oxygens (including phenoxy) is 2. The van der Waals surface area contributed by atoms with Gasteiger partial charge in [0.05, 0.1) is 24.8 Å². The van der Waals surface area contributed by atoms with Crippen LogP contribution in [0.2, 0.25) is 0 Å². The minimum Gasteiger partial charge on any atom is -0.497 e. The number of benzene rings is 3. The van der Waals surface area contributed by atoms with Crippen LogP contribution in [0, 0.1) is 0 Å². The maximum Gasteiger partial charge on any atom is 0.261 e. The van der Waals surface area contributed by atoms with Crippen LogP contribution in [0.4, 0.5) is 11.4 Å². The molecule has 0 saturated carbocycles. The molecule has 8 heteroatoms. The van der Waals surface area contributed by atoms with Gasteiger partial charge >= 0.3 is 0 Å². The molecule has 2 N–H and O–H groups in total. The number of hydrogen-bond acceptors (Lipinski definition) is 5. The largest absolute Gasteiger partial charge is 0.497 e. The van der Waals surface area contributed by atoms with Gasteiger partial charge in [0.25, 0.3) is 15.9 Å². The first-order valence-corrected chi connectivity index (χ1v) is 10.1. The number of nitrogens with one attached hydrogen (secondary N) is 2. The summed E-state index contributed by atoms with van der Waals surface area (Å²) in [5.41, 5.74) is 1.09. The lowest BCUT2D eigenvalue weighted by atomic mass is 10.2. The molecule has 0 bridgehead atoms. The van der Waals surface area contributed by atoms with Gasteiger partial charge < -0.3 is 14.8 Å². The Labute approximate surface area is 169 Å². The summed E-state index contributed by atoms with van der Waals surface area (Å²) >= 11 is 0. The number of para-hydroxylation sites is 2. The van der Waals surface area contributed by atoms with Gasteiger partial charge in [-0.15, -0.1) is 0 Å². The molecule has 29 heavy (non-hydrogen) atoms. The fourth-order valence-electron chi connectivity index (χ4n) is 2.64. The molecule has 0 aromatic heterocycles. The molecule has 0 radical (unpaired) electrons. The van der Waals surface area contributed by atoms with Crippen molar-refractivity contribution in [3.63, 3.8) is 0 Å². The van der Waals surface area contributed by atoms with E-state index in [1.54, 1.807) is 54.6 Å². The third kappa shape index (κ3) is 4.85. The van der Waals surface area contributed by atoms with E-state index in [9.17, 15) is 13.2 Å². The van der Waals surface area contributed by atoms with Crippen LogP contribution in [0.3, 0.4) is 0 Å². The second kappa shape index (κ2) is 8.66. The monoisotopic (exact) mass is 412 g/mol. The van der Waals surface area contributed by atoms with E-state index in [2.05, 4.69) is 10.0 Å². The van der Waals surface area contributed by atoms with Gasteiger partial charge in [-0.05, 0) is 54.6 Å². The van der Waals surface area contributed by atoms with E-state index >= 15 is 0 Å². The zero-order valence-electron chi connectivity index (χ0n) is 15.9. The van der Waals surface area contributed by atoms with Gasteiger partial charge in [0.1, 0.15) is 11.5 Å². The third-order valence-electron chi connectivity index (χ3n) is 4.10. The van der Waals surface area contributed by atoms with Crippen LogP contribution < -0.4 is 19.5 Å². The van der Waals surface area contributed by atoms with Crippen LogP contribution in [0.25, 0.3) is 0 Å². The topological polar surface area (TPSA) is 93.7 Å². The van der Waals surface area contributed by atoms with Crippen molar-refractivity contribution in [1.29, 1.82) is 0 Å². The highest BCUT2D eigenvalue weighted by Gasteiger charge is 2.16. The first-order chi connectivity index (χ1) is 13.9. The van der Waals surface area contributed by atoms with E-state index in [0.717, 1.165) is 0 Å². The molecule has 0 saturated heterocycles. The fourth-order valence-corrected chi connectivity index (χ4v) is 3.68. The van der Waals surface area contributed by atoms with E-state index in [4.69, 9.17) is 9.47 Å². The summed E-state index contributed by atoms with van der Waals surface area (Å²) in [5, 5.41) is 2.76. The van der Waals surface area contributed by atoms with Crippen LogP contribution in [0.5, 0.6) is 11.5 Å². The minimum absolute atomic E-state index is 0.0853. The van der Waals surface area contributed by atoms with Crippen LogP contribution in [-0.4, -0.2) is 28.5 Å². The first-order valence-electron chi connectivity index (χ1n) is 8.64. The Balaban J connectivity index is 1.79. The number of carbonyl (C=O) groups is 1. The number of rotatable bonds is 7. The van der Waals surface area contributed by atoms with Crippen molar-refractivity contribution < 1.29 is 22.7 Å². The number of amides is 1.